The Kier molecular flexibility index (Phi) is 26.0. The molecular weight excluding hydrogens is 978 g/mol. The topological polar surface area (TPSA) is 333 Å². The van der Waals surface area contributed by atoms with E-state index in [-0.39, 0.29) is 50.6 Å². The molecule has 0 aliphatic rings. The van der Waals surface area contributed by atoms with E-state index in [0.717, 1.165) is 0 Å². The quantitative estimate of drug-likeness (QED) is 0.0196. The lowest BCUT2D eigenvalue weighted by Crippen LogP contribution is -2.43. The van der Waals surface area contributed by atoms with Crippen molar-refractivity contribution < 1.29 is 94.7 Å². The fourth-order valence-electron chi connectivity index (χ4n) is 5.89. The summed E-state index contributed by atoms with van der Waals surface area (Å²) in [7, 11) is -9.62. The first-order valence-electron chi connectivity index (χ1n) is 21.4. The van der Waals surface area contributed by atoms with Gasteiger partial charge >= 0.3 is 51.3 Å². The highest BCUT2D eigenvalue weighted by molar-refractivity contribution is 7.74. The smallest absolute Gasteiger partial charge is 0.410 e. The molecule has 0 aliphatic carbocycles. The largest absolute Gasteiger partial charge is 0.480 e. The normalized spacial score (nSPS) is 12.1. The van der Waals surface area contributed by atoms with Crippen LogP contribution in [0.15, 0.2) is 99.2 Å². The van der Waals surface area contributed by atoms with Crippen molar-refractivity contribution >= 4 is 74.4 Å². The van der Waals surface area contributed by atoms with Crippen molar-refractivity contribution in [3.8, 4) is 0 Å². The summed E-state index contributed by atoms with van der Waals surface area (Å²) in [5, 5.41) is 28.3. The molecule has 0 fully saturated rings. The summed E-state index contributed by atoms with van der Waals surface area (Å²) >= 11 is 0. The number of ether oxygens (including phenoxy) is 4. The Hall–Kier alpha value is -6.94. The van der Waals surface area contributed by atoms with Crippen LogP contribution in [0.25, 0.3) is 0 Å². The molecule has 2 aromatic rings. The SMILES string of the molecule is C=CCOP(=O)(OCC=C)C(Cc1ccc(NC(=O)C[C@H](NC(=O)OCOC(=O)CC)C(=O)O)cc1)(Cc1ccc(NC(=O)C[C@H](NC(=O)OCOC(=O)CC)C(=O)O)cc1)P(=O)(OCC=C)OCC=C. The van der Waals surface area contributed by atoms with Crippen molar-refractivity contribution in [2.24, 2.45) is 0 Å². The number of carboxylic acids is 2. The van der Waals surface area contributed by atoms with Gasteiger partial charge in [-0.15, -0.1) is 26.3 Å². The molecule has 0 radical (unpaired) electrons. The second-order valence-corrected chi connectivity index (χ2v) is 19.6. The highest BCUT2D eigenvalue weighted by atomic mass is 31.2. The lowest BCUT2D eigenvalue weighted by Gasteiger charge is -2.42. The van der Waals surface area contributed by atoms with E-state index in [4.69, 9.17) is 18.1 Å². The lowest BCUT2D eigenvalue weighted by atomic mass is 10.0. The summed E-state index contributed by atoms with van der Waals surface area (Å²) in [5.41, 5.74) is 0.849. The Morgan fingerprint density at radius 3 is 1.13 bits per heavy atom. The van der Waals surface area contributed by atoms with Gasteiger partial charge in [0.2, 0.25) is 25.4 Å². The molecule has 6 N–H and O–H groups in total. The van der Waals surface area contributed by atoms with Gasteiger partial charge in [0.1, 0.15) is 12.1 Å². The van der Waals surface area contributed by atoms with Crippen LogP contribution >= 0.6 is 15.2 Å². The number of rotatable bonds is 34. The molecular formula is C45H58N4O20P2. The second kappa shape index (κ2) is 30.6. The van der Waals surface area contributed by atoms with Crippen LogP contribution in [0.4, 0.5) is 21.0 Å². The van der Waals surface area contributed by atoms with E-state index < -0.39 is 119 Å². The molecule has 0 unspecified atom stereocenters. The van der Waals surface area contributed by atoms with Gasteiger partial charge in [0, 0.05) is 37.1 Å². The number of aliphatic carboxylic acids is 2. The maximum atomic E-state index is 15.6. The van der Waals surface area contributed by atoms with Crippen molar-refractivity contribution in [1.29, 1.82) is 0 Å². The van der Waals surface area contributed by atoms with E-state index in [0.29, 0.717) is 11.1 Å². The summed E-state index contributed by atoms with van der Waals surface area (Å²) in [6, 6.07) is 7.91. The van der Waals surface area contributed by atoms with Crippen molar-refractivity contribution in [3.05, 3.63) is 110 Å². The van der Waals surface area contributed by atoms with Crippen molar-refractivity contribution in [2.45, 2.75) is 69.4 Å². The van der Waals surface area contributed by atoms with Crippen LogP contribution in [0.1, 0.15) is 50.7 Å². The zero-order valence-electron chi connectivity index (χ0n) is 39.0. The minimum Gasteiger partial charge on any atom is -0.480 e. The molecule has 388 valence electrons. The van der Waals surface area contributed by atoms with Gasteiger partial charge in [-0.25, -0.2) is 19.2 Å². The van der Waals surface area contributed by atoms with Crippen LogP contribution in [0.2, 0.25) is 0 Å². The van der Waals surface area contributed by atoms with Crippen LogP contribution in [-0.4, -0.2) is 115 Å². The number of alkyl carbamates (subject to hydrolysis) is 2. The number of benzene rings is 2. The molecule has 0 spiro atoms. The van der Waals surface area contributed by atoms with E-state index >= 15 is 9.13 Å². The first-order chi connectivity index (χ1) is 33.7. The molecule has 2 atom stereocenters. The maximum absolute atomic E-state index is 15.6. The van der Waals surface area contributed by atoms with Gasteiger partial charge in [-0.05, 0) is 35.4 Å². The molecule has 71 heavy (non-hydrogen) atoms. The van der Waals surface area contributed by atoms with Gasteiger partial charge in [0.15, 0.2) is 4.90 Å². The van der Waals surface area contributed by atoms with E-state index in [1.807, 2.05) is 10.6 Å². The number of carbonyl (C=O) groups is 8. The molecule has 0 saturated heterocycles. The van der Waals surface area contributed by atoms with E-state index in [1.165, 1.54) is 86.7 Å². The van der Waals surface area contributed by atoms with Gasteiger partial charge in [-0.1, -0.05) is 62.4 Å². The number of amides is 4. The monoisotopic (exact) mass is 1040 g/mol. The molecule has 0 bridgehead atoms. The zero-order valence-corrected chi connectivity index (χ0v) is 40.8. The Morgan fingerprint density at radius 2 is 0.859 bits per heavy atom. The highest BCUT2D eigenvalue weighted by Gasteiger charge is 2.65. The van der Waals surface area contributed by atoms with E-state index in [2.05, 4.69) is 55.9 Å². The number of hydrogen-bond donors (Lipinski definition) is 6. The Bertz CT molecular complexity index is 2120. The Balaban J connectivity index is 2.58. The van der Waals surface area contributed by atoms with Gasteiger partial charge in [-0.3, -0.25) is 28.3 Å². The average Bonchev–Trinajstić information content (AvgIpc) is 3.33. The van der Waals surface area contributed by atoms with Crippen LogP contribution < -0.4 is 21.3 Å². The first-order valence-corrected chi connectivity index (χ1v) is 24.5. The molecule has 2 aromatic carbocycles. The predicted molar refractivity (Wildman–Crippen MR) is 254 cm³/mol. The minimum absolute atomic E-state index is 0.00303. The Labute approximate surface area is 409 Å². The molecule has 0 saturated carbocycles. The third kappa shape index (κ3) is 19.8. The van der Waals surface area contributed by atoms with Crippen LogP contribution in [0.3, 0.4) is 0 Å². The highest BCUT2D eigenvalue weighted by Crippen LogP contribution is 2.79. The molecule has 0 heterocycles. The molecule has 4 amide bonds. The summed E-state index contributed by atoms with van der Waals surface area (Å²) in [4.78, 5) is 94.2. The molecule has 24 nitrogen and oxygen atoms in total. The van der Waals surface area contributed by atoms with Crippen molar-refractivity contribution in [2.75, 3.05) is 50.6 Å². The standard InChI is InChI=1S/C45H58N4O20P2/c1-7-21-66-70(60,67-22-8-2)45(71(61,68-23-9-3)69-24-10-4,27-31-13-17-33(18-14-31)46-37(50)25-35(41(54)55)48-43(58)64-29-62-39(52)11-5)28-32-15-19-34(20-16-32)47-38(51)26-36(42(56)57)49-44(59)65-30-63-40(53)12-6/h7-10,13-20,35-36H,1-4,11-12,21-30H2,5-6H3,(H,46,50)(H,47,51)(H,48,58)(H,49,59)(H,54,55)(H,56,57)/t35-,36-/m0/s1. The lowest BCUT2D eigenvalue weighted by molar-refractivity contribution is -0.152. The van der Waals surface area contributed by atoms with Gasteiger partial charge < -0.3 is 68.5 Å². The molecule has 26 heteroatoms. The third-order valence-corrected chi connectivity index (χ3v) is 15.4. The van der Waals surface area contributed by atoms with Crippen LogP contribution in [0.5, 0.6) is 0 Å². The summed E-state index contributed by atoms with van der Waals surface area (Å²) < 4.78 is 73.5. The average molecular weight is 1040 g/mol. The van der Waals surface area contributed by atoms with Crippen LogP contribution in [-0.2, 0) is 87.8 Å². The molecule has 0 aliphatic heterocycles. The molecule has 0 aromatic heterocycles. The minimum atomic E-state index is -4.81. The van der Waals surface area contributed by atoms with E-state index in [9.17, 15) is 48.6 Å². The number of hydrogen-bond acceptors (Lipinski definition) is 18. The number of nitrogens with one attached hydrogen (secondary N) is 4. The number of carboxylic acid groups (broad SMARTS) is 2. The number of anilines is 2. The Morgan fingerprint density at radius 1 is 0.549 bits per heavy atom. The van der Waals surface area contributed by atoms with Gasteiger partial charge in [0.25, 0.3) is 0 Å². The maximum Gasteiger partial charge on any atom is 0.410 e. The summed E-state index contributed by atoms with van der Waals surface area (Å²) in [6.07, 6.45) is 0.137. The van der Waals surface area contributed by atoms with Crippen molar-refractivity contribution in [1.82, 2.24) is 10.6 Å². The predicted octanol–water partition coefficient (Wildman–Crippen LogP) is 6.20. The molecule has 2 rings (SSSR count). The number of esters is 2. The third-order valence-electron chi connectivity index (χ3n) is 9.28. The first kappa shape index (κ1) is 60.2. The summed E-state index contributed by atoms with van der Waals surface area (Å²) in [6.45, 7) is 14.5. The van der Waals surface area contributed by atoms with Gasteiger partial charge in [-0.2, -0.15) is 0 Å². The van der Waals surface area contributed by atoms with Gasteiger partial charge in [0.05, 0.1) is 39.3 Å². The number of carbonyl (C=O) groups excluding carboxylic acids is 6. The fraction of sp³-hybridized carbons (Fsp3) is 0.378. The van der Waals surface area contributed by atoms with Crippen molar-refractivity contribution in [3.63, 3.8) is 0 Å². The van der Waals surface area contributed by atoms with E-state index in [1.54, 1.807) is 0 Å². The zero-order chi connectivity index (χ0) is 53.0. The summed E-state index contributed by atoms with van der Waals surface area (Å²) in [5.74, 6) is -6.22. The second-order valence-electron chi connectivity index (χ2n) is 14.5. The fourth-order valence-corrected chi connectivity index (χ4v) is 11.6. The van der Waals surface area contributed by atoms with Crippen LogP contribution in [0, 0.1) is 0 Å².